The Balaban J connectivity index is 1.67. The molecule has 0 spiro atoms. The number of nitrogens with one attached hydrogen (secondary N) is 2. The molecule has 3 N–H and O–H groups in total. The molecule has 1 heterocycles. The first-order valence-electron chi connectivity index (χ1n) is 6.47. The second-order valence-corrected chi connectivity index (χ2v) is 5.09. The van der Waals surface area contributed by atoms with Crippen LogP contribution < -0.4 is 10.6 Å². The van der Waals surface area contributed by atoms with Crippen molar-refractivity contribution < 1.29 is 9.84 Å². The van der Waals surface area contributed by atoms with E-state index in [1.165, 1.54) is 19.4 Å². The Bertz CT molecular complexity index is 213. The van der Waals surface area contributed by atoms with Crippen molar-refractivity contribution in [3.05, 3.63) is 0 Å². The minimum Gasteiger partial charge on any atom is -0.389 e. The maximum absolute atomic E-state index is 9.56. The first-order chi connectivity index (χ1) is 7.79. The third-order valence-corrected chi connectivity index (χ3v) is 3.83. The minimum absolute atomic E-state index is 0.346. The van der Waals surface area contributed by atoms with Crippen LogP contribution in [0.5, 0.6) is 0 Å². The molecular weight excluding hydrogens is 204 g/mol. The van der Waals surface area contributed by atoms with Crippen molar-refractivity contribution >= 4 is 0 Å². The van der Waals surface area contributed by atoms with Crippen molar-refractivity contribution in [2.45, 2.75) is 43.9 Å². The average molecular weight is 228 g/mol. The summed E-state index contributed by atoms with van der Waals surface area (Å²) in [5.41, 5.74) is 0. The predicted octanol–water partition coefficient (Wildman–Crippen LogP) is 0.114. The summed E-state index contributed by atoms with van der Waals surface area (Å²) in [5, 5.41) is 16.1. The molecule has 0 radical (unpaired) electrons. The molecule has 0 bridgehead atoms. The molecule has 1 aliphatic carbocycles. The van der Waals surface area contributed by atoms with Gasteiger partial charge >= 0.3 is 0 Å². The van der Waals surface area contributed by atoms with E-state index in [9.17, 15) is 5.11 Å². The largest absolute Gasteiger partial charge is 0.389 e. The summed E-state index contributed by atoms with van der Waals surface area (Å²) in [6.07, 6.45) is 4.87. The highest BCUT2D eigenvalue weighted by molar-refractivity contribution is 4.90. The van der Waals surface area contributed by atoms with Gasteiger partial charge in [-0.25, -0.2) is 0 Å². The molecule has 4 nitrogen and oxygen atoms in total. The zero-order valence-electron chi connectivity index (χ0n) is 10.1. The van der Waals surface area contributed by atoms with Crippen molar-refractivity contribution in [2.75, 3.05) is 26.7 Å². The zero-order chi connectivity index (χ0) is 11.4. The van der Waals surface area contributed by atoms with Crippen LogP contribution in [0.25, 0.3) is 0 Å². The van der Waals surface area contributed by atoms with Crippen LogP contribution in [0.1, 0.15) is 25.7 Å². The first kappa shape index (κ1) is 12.3. The smallest absolute Gasteiger partial charge is 0.0897 e. The topological polar surface area (TPSA) is 53.5 Å². The molecule has 0 aromatic rings. The normalized spacial score (nSPS) is 36.0. The molecule has 2 fully saturated rings. The molecule has 4 atom stereocenters. The van der Waals surface area contributed by atoms with Crippen LogP contribution in [0.2, 0.25) is 0 Å². The van der Waals surface area contributed by atoms with Crippen LogP contribution in [0.4, 0.5) is 0 Å². The Hall–Kier alpha value is -0.160. The highest BCUT2D eigenvalue weighted by Crippen LogP contribution is 2.32. The zero-order valence-corrected chi connectivity index (χ0v) is 10.1. The van der Waals surface area contributed by atoms with Crippen molar-refractivity contribution in [1.82, 2.24) is 10.6 Å². The van der Waals surface area contributed by atoms with Crippen LogP contribution in [-0.2, 0) is 4.74 Å². The van der Waals surface area contributed by atoms with Crippen molar-refractivity contribution in [1.29, 1.82) is 0 Å². The fourth-order valence-electron chi connectivity index (χ4n) is 2.94. The highest BCUT2D eigenvalue weighted by atomic mass is 16.5. The number of aliphatic hydroxyl groups excluding tert-OH is 1. The van der Waals surface area contributed by atoms with E-state index < -0.39 is 0 Å². The van der Waals surface area contributed by atoms with Gasteiger partial charge in [0.15, 0.2) is 0 Å². The van der Waals surface area contributed by atoms with Crippen LogP contribution in [0.15, 0.2) is 0 Å². The van der Waals surface area contributed by atoms with Gasteiger partial charge in [-0.2, -0.15) is 0 Å². The summed E-state index contributed by atoms with van der Waals surface area (Å²) >= 11 is 0. The highest BCUT2D eigenvalue weighted by Gasteiger charge is 2.33. The molecule has 1 saturated carbocycles. The molecule has 2 aliphatic rings. The summed E-state index contributed by atoms with van der Waals surface area (Å²) in [6.45, 7) is 2.24. The van der Waals surface area contributed by atoms with E-state index in [1.807, 2.05) is 7.05 Å². The predicted molar refractivity (Wildman–Crippen MR) is 63.4 cm³/mol. The third kappa shape index (κ3) is 3.17. The van der Waals surface area contributed by atoms with Gasteiger partial charge in [-0.3, -0.25) is 0 Å². The second kappa shape index (κ2) is 5.96. The van der Waals surface area contributed by atoms with Gasteiger partial charge in [0.25, 0.3) is 0 Å². The molecular formula is C12H24N2O2. The maximum atomic E-state index is 9.56. The van der Waals surface area contributed by atoms with Crippen LogP contribution >= 0.6 is 0 Å². The summed E-state index contributed by atoms with van der Waals surface area (Å²) in [5.74, 6) is 0.877. The van der Waals surface area contributed by atoms with Gasteiger partial charge in [0.05, 0.1) is 18.8 Å². The van der Waals surface area contributed by atoms with Crippen LogP contribution in [-0.4, -0.2) is 50.1 Å². The van der Waals surface area contributed by atoms with Gasteiger partial charge in [0, 0.05) is 12.6 Å². The summed E-state index contributed by atoms with van der Waals surface area (Å²) in [6, 6.07) is 0.667. The maximum Gasteiger partial charge on any atom is 0.0897 e. The Labute approximate surface area is 97.7 Å². The van der Waals surface area contributed by atoms with E-state index >= 15 is 0 Å². The standard InChI is InChI=1S/C12H24N2O2/c1-13-7-10(15)8-16-11-3-2-9-4-5-14-12(9)6-11/h9-15H,2-8H2,1H3. The minimum atomic E-state index is -0.376. The van der Waals surface area contributed by atoms with E-state index in [2.05, 4.69) is 10.6 Å². The summed E-state index contributed by atoms with van der Waals surface area (Å²) in [4.78, 5) is 0. The van der Waals surface area contributed by atoms with Gasteiger partial charge in [0.1, 0.15) is 0 Å². The SMILES string of the molecule is CNCC(O)COC1CCC2CCNC2C1. The average Bonchev–Trinajstić information content (AvgIpc) is 2.74. The van der Waals surface area contributed by atoms with Gasteiger partial charge in [0.2, 0.25) is 0 Å². The number of ether oxygens (including phenoxy) is 1. The second-order valence-electron chi connectivity index (χ2n) is 5.09. The monoisotopic (exact) mass is 228 g/mol. The molecule has 16 heavy (non-hydrogen) atoms. The van der Waals surface area contributed by atoms with E-state index in [-0.39, 0.29) is 6.10 Å². The molecule has 0 aromatic carbocycles. The Kier molecular flexibility index (Phi) is 4.58. The van der Waals surface area contributed by atoms with E-state index in [1.54, 1.807) is 0 Å². The molecule has 4 heteroatoms. The Morgan fingerprint density at radius 2 is 2.31 bits per heavy atom. The first-order valence-corrected chi connectivity index (χ1v) is 6.47. The van der Waals surface area contributed by atoms with Gasteiger partial charge < -0.3 is 20.5 Å². The van der Waals surface area contributed by atoms with E-state index in [0.29, 0.717) is 25.3 Å². The van der Waals surface area contributed by atoms with Crippen LogP contribution in [0.3, 0.4) is 0 Å². The fraction of sp³-hybridized carbons (Fsp3) is 1.00. The number of likely N-dealkylation sites (N-methyl/N-ethyl adjacent to an activating group) is 1. The summed E-state index contributed by atoms with van der Waals surface area (Å²) < 4.78 is 5.78. The van der Waals surface area contributed by atoms with Gasteiger partial charge in [-0.1, -0.05) is 0 Å². The van der Waals surface area contributed by atoms with Crippen molar-refractivity contribution in [3.63, 3.8) is 0 Å². The van der Waals surface area contributed by atoms with Crippen molar-refractivity contribution in [3.8, 4) is 0 Å². The van der Waals surface area contributed by atoms with Crippen molar-refractivity contribution in [2.24, 2.45) is 5.92 Å². The fourth-order valence-corrected chi connectivity index (χ4v) is 2.94. The number of hydrogen-bond acceptors (Lipinski definition) is 4. The lowest BCUT2D eigenvalue weighted by Crippen LogP contribution is -2.38. The number of fused-ring (bicyclic) bond motifs is 1. The summed E-state index contributed by atoms with van der Waals surface area (Å²) in [7, 11) is 1.84. The molecule has 4 unspecified atom stereocenters. The van der Waals surface area contributed by atoms with E-state index in [0.717, 1.165) is 18.8 Å². The van der Waals surface area contributed by atoms with Gasteiger partial charge in [-0.15, -0.1) is 0 Å². The molecule has 2 rings (SSSR count). The quantitative estimate of drug-likeness (QED) is 0.625. The molecule has 1 saturated heterocycles. The van der Waals surface area contributed by atoms with E-state index in [4.69, 9.17) is 4.74 Å². The number of rotatable bonds is 5. The lowest BCUT2D eigenvalue weighted by molar-refractivity contribution is -0.0316. The molecule has 0 amide bonds. The Morgan fingerprint density at radius 3 is 3.12 bits per heavy atom. The van der Waals surface area contributed by atoms with Crippen LogP contribution in [0, 0.1) is 5.92 Å². The number of hydrogen-bond donors (Lipinski definition) is 3. The number of aliphatic hydroxyl groups is 1. The lowest BCUT2D eigenvalue weighted by Gasteiger charge is -2.32. The van der Waals surface area contributed by atoms with Gasteiger partial charge in [-0.05, 0) is 45.2 Å². The molecule has 94 valence electrons. The lowest BCUT2D eigenvalue weighted by atomic mass is 9.84. The Morgan fingerprint density at radius 1 is 1.44 bits per heavy atom. The third-order valence-electron chi connectivity index (χ3n) is 3.83. The molecule has 1 aliphatic heterocycles. The molecule has 0 aromatic heterocycles.